The van der Waals surface area contributed by atoms with Gasteiger partial charge in [-0.25, -0.2) is 4.39 Å². The average Bonchev–Trinajstić information content (AvgIpc) is 3.65. The molecule has 1 saturated heterocycles. The molecular formula is C28H36ClF4NO3. The van der Waals surface area contributed by atoms with Crippen LogP contribution >= 0.6 is 11.6 Å². The van der Waals surface area contributed by atoms with Crippen molar-refractivity contribution in [2.75, 3.05) is 19.7 Å². The molecule has 0 radical (unpaired) electrons. The summed E-state index contributed by atoms with van der Waals surface area (Å²) in [5.41, 5.74) is 0.663. The fourth-order valence-electron chi connectivity index (χ4n) is 4.95. The number of nitrogens with zero attached hydrogens (tertiary/aromatic N) is 1. The quantitative estimate of drug-likeness (QED) is 0.276. The number of benzene rings is 1. The maximum atomic E-state index is 14.4. The van der Waals surface area contributed by atoms with E-state index in [0.717, 1.165) is 49.5 Å². The average molecular weight is 546 g/mol. The van der Waals surface area contributed by atoms with E-state index in [4.69, 9.17) is 21.1 Å². The van der Waals surface area contributed by atoms with E-state index in [9.17, 15) is 22.7 Å². The maximum absolute atomic E-state index is 14.4. The fourth-order valence-corrected chi connectivity index (χ4v) is 5.19. The van der Waals surface area contributed by atoms with Crippen molar-refractivity contribution >= 4 is 11.6 Å². The third-order valence-corrected chi connectivity index (χ3v) is 7.40. The minimum Gasteiger partial charge on any atom is -0.497 e. The second kappa shape index (κ2) is 11.2. The van der Waals surface area contributed by atoms with Gasteiger partial charge in [0.15, 0.2) is 6.29 Å². The molecule has 9 heteroatoms. The van der Waals surface area contributed by atoms with Gasteiger partial charge in [-0.1, -0.05) is 17.7 Å². The highest BCUT2D eigenvalue weighted by molar-refractivity contribution is 6.30. The standard InChI is InChI=1S/C28H36ClF4NO3/c1-27(2,3)37-26(35)19-6-7-24(22(13-19)18-4-5-18)36-16-17-8-10-34(11-9-17)15-20-12-21(28(31,32)33)14-23(29)25(20)30/h12-14,17-18,26,35H,4-11,15-16H2,1-3H3. The van der Waals surface area contributed by atoms with E-state index in [2.05, 4.69) is 6.08 Å². The number of aliphatic hydroxyl groups excluding tert-OH is 1. The molecule has 1 unspecified atom stereocenters. The van der Waals surface area contributed by atoms with Crippen LogP contribution in [0.3, 0.4) is 0 Å². The number of hydrogen-bond acceptors (Lipinski definition) is 4. The summed E-state index contributed by atoms with van der Waals surface area (Å²) in [4.78, 5) is 1.96. The predicted molar refractivity (Wildman–Crippen MR) is 134 cm³/mol. The van der Waals surface area contributed by atoms with Crippen molar-refractivity contribution in [2.24, 2.45) is 11.8 Å². The van der Waals surface area contributed by atoms with Crippen molar-refractivity contribution < 1.29 is 32.1 Å². The van der Waals surface area contributed by atoms with E-state index < -0.39 is 34.5 Å². The van der Waals surface area contributed by atoms with Gasteiger partial charge in [0.2, 0.25) is 0 Å². The Kier molecular flexibility index (Phi) is 8.63. The summed E-state index contributed by atoms with van der Waals surface area (Å²) in [6.07, 6.45) is 1.87. The molecule has 37 heavy (non-hydrogen) atoms. The van der Waals surface area contributed by atoms with Gasteiger partial charge >= 0.3 is 6.18 Å². The minimum atomic E-state index is -4.57. The van der Waals surface area contributed by atoms with E-state index in [1.54, 1.807) is 0 Å². The largest absolute Gasteiger partial charge is 0.497 e. The molecule has 0 spiro atoms. The van der Waals surface area contributed by atoms with Gasteiger partial charge in [0.1, 0.15) is 5.82 Å². The third-order valence-electron chi connectivity index (χ3n) is 7.13. The van der Waals surface area contributed by atoms with Crippen LogP contribution in [0.1, 0.15) is 70.4 Å². The van der Waals surface area contributed by atoms with E-state index in [0.29, 0.717) is 44.0 Å². The molecule has 0 amide bonds. The first-order valence-electron chi connectivity index (χ1n) is 13.0. The maximum Gasteiger partial charge on any atom is 0.416 e. The Bertz CT molecular complexity index is 1040. The first kappa shape index (κ1) is 28.4. The lowest BCUT2D eigenvalue weighted by Gasteiger charge is -2.33. The van der Waals surface area contributed by atoms with Crippen LogP contribution in [0, 0.1) is 17.7 Å². The fraction of sp³-hybridized carbons (Fsp3) is 0.643. The van der Waals surface area contributed by atoms with Crippen molar-refractivity contribution in [3.63, 3.8) is 0 Å². The molecule has 1 atom stereocenters. The lowest BCUT2D eigenvalue weighted by Crippen LogP contribution is -2.35. The molecule has 1 saturated carbocycles. The number of piperidine rings is 1. The molecule has 1 aromatic rings. The predicted octanol–water partition coefficient (Wildman–Crippen LogP) is 7.24. The van der Waals surface area contributed by atoms with Crippen LogP contribution in [0.25, 0.3) is 0 Å². The van der Waals surface area contributed by atoms with Gasteiger partial charge < -0.3 is 14.6 Å². The zero-order chi connectivity index (χ0) is 27.0. The first-order chi connectivity index (χ1) is 17.3. The molecule has 206 valence electrons. The normalized spacial score (nSPS) is 21.3. The van der Waals surface area contributed by atoms with Crippen molar-refractivity contribution in [1.29, 1.82) is 0 Å². The molecule has 1 aliphatic heterocycles. The van der Waals surface area contributed by atoms with Crippen LogP contribution in [-0.2, 0) is 22.2 Å². The number of halogens is 5. The van der Waals surface area contributed by atoms with E-state index in [1.807, 2.05) is 25.7 Å². The monoisotopic (exact) mass is 545 g/mol. The van der Waals surface area contributed by atoms with Gasteiger partial charge in [0, 0.05) is 18.5 Å². The molecule has 3 aliphatic rings. The number of likely N-dealkylation sites (tertiary alicyclic amines) is 1. The summed E-state index contributed by atoms with van der Waals surface area (Å²) in [5, 5.41) is 10.0. The highest BCUT2D eigenvalue weighted by Crippen LogP contribution is 2.43. The molecular weight excluding hydrogens is 510 g/mol. The number of ether oxygens (including phenoxy) is 2. The Morgan fingerprint density at radius 1 is 1.08 bits per heavy atom. The Morgan fingerprint density at radius 2 is 1.76 bits per heavy atom. The Hall–Kier alpha value is -1.61. The van der Waals surface area contributed by atoms with Crippen LogP contribution in [-0.4, -0.2) is 41.6 Å². The Labute approximate surface area is 221 Å². The molecule has 4 nitrogen and oxygen atoms in total. The molecule has 1 N–H and O–H groups in total. The molecule has 1 aromatic carbocycles. The summed E-state index contributed by atoms with van der Waals surface area (Å²) >= 11 is 5.73. The lowest BCUT2D eigenvalue weighted by atomic mass is 9.93. The summed E-state index contributed by atoms with van der Waals surface area (Å²) in [5.74, 6) is 1.00. The zero-order valence-corrected chi connectivity index (χ0v) is 22.4. The minimum absolute atomic E-state index is 0.0313. The number of allylic oxidation sites excluding steroid dienone is 3. The second-order valence-electron chi connectivity index (χ2n) is 11.4. The van der Waals surface area contributed by atoms with Crippen molar-refractivity contribution in [3.8, 4) is 0 Å². The van der Waals surface area contributed by atoms with E-state index in [-0.39, 0.29) is 12.1 Å². The van der Waals surface area contributed by atoms with Crippen LogP contribution in [0.15, 0.2) is 35.1 Å². The summed E-state index contributed by atoms with van der Waals surface area (Å²) < 4.78 is 65.8. The second-order valence-corrected chi connectivity index (χ2v) is 11.8. The summed E-state index contributed by atoms with van der Waals surface area (Å²) in [6.45, 7) is 7.72. The topological polar surface area (TPSA) is 41.9 Å². The zero-order valence-electron chi connectivity index (χ0n) is 21.6. The molecule has 1 heterocycles. The van der Waals surface area contributed by atoms with Gasteiger partial charge in [-0.3, -0.25) is 4.90 Å². The highest BCUT2D eigenvalue weighted by atomic mass is 35.5. The van der Waals surface area contributed by atoms with Crippen molar-refractivity contribution in [3.05, 3.63) is 57.1 Å². The number of alkyl halides is 3. The van der Waals surface area contributed by atoms with Crippen LogP contribution in [0.4, 0.5) is 17.6 Å². The summed E-state index contributed by atoms with van der Waals surface area (Å²) in [6, 6.07) is 1.49. The van der Waals surface area contributed by atoms with Gasteiger partial charge in [0.25, 0.3) is 0 Å². The molecule has 0 bridgehead atoms. The first-order valence-corrected chi connectivity index (χ1v) is 13.4. The smallest absolute Gasteiger partial charge is 0.416 e. The third kappa shape index (κ3) is 7.71. The van der Waals surface area contributed by atoms with Crippen molar-refractivity contribution in [1.82, 2.24) is 4.90 Å². The molecule has 2 aliphatic carbocycles. The van der Waals surface area contributed by atoms with E-state index >= 15 is 0 Å². The Morgan fingerprint density at radius 3 is 2.35 bits per heavy atom. The van der Waals surface area contributed by atoms with Crippen LogP contribution in [0.5, 0.6) is 0 Å². The number of hydrogen-bond donors (Lipinski definition) is 1. The molecule has 0 aromatic heterocycles. The molecule has 2 fully saturated rings. The highest BCUT2D eigenvalue weighted by Gasteiger charge is 2.34. The van der Waals surface area contributed by atoms with Gasteiger partial charge in [0.05, 0.1) is 28.6 Å². The van der Waals surface area contributed by atoms with Gasteiger partial charge in [-0.15, -0.1) is 0 Å². The number of aliphatic hydroxyl groups is 1. The van der Waals surface area contributed by atoms with Gasteiger partial charge in [-0.2, -0.15) is 13.2 Å². The molecule has 4 rings (SSSR count). The van der Waals surface area contributed by atoms with Crippen molar-refractivity contribution in [2.45, 2.75) is 83.9 Å². The summed E-state index contributed by atoms with van der Waals surface area (Å²) in [7, 11) is 0. The van der Waals surface area contributed by atoms with Crippen LogP contribution in [0.2, 0.25) is 5.02 Å². The Balaban J connectivity index is 1.32. The van der Waals surface area contributed by atoms with E-state index in [1.165, 1.54) is 5.57 Å². The lowest BCUT2D eigenvalue weighted by molar-refractivity contribution is -0.145. The van der Waals surface area contributed by atoms with Crippen LogP contribution < -0.4 is 0 Å². The van der Waals surface area contributed by atoms with Gasteiger partial charge in [-0.05, 0) is 101 Å². The SMILES string of the molecule is CC(C)(C)OC(O)C1=CC(C2CC2)=C(OCC2CCN(Cc3cc(C(F)(F)F)cc(Cl)c3F)CC2)CC1. The number of rotatable bonds is 8.